The number of H-pyrrole nitrogens is 1. The number of rotatable bonds is 3. The fourth-order valence-corrected chi connectivity index (χ4v) is 1.89. The summed E-state index contributed by atoms with van der Waals surface area (Å²) >= 11 is 0. The molecule has 3 N–H and O–H groups in total. The Morgan fingerprint density at radius 2 is 2.25 bits per heavy atom. The van der Waals surface area contributed by atoms with E-state index in [1.807, 2.05) is 4.90 Å². The maximum absolute atomic E-state index is 11.8. The first-order valence-corrected chi connectivity index (χ1v) is 5.29. The third-order valence-corrected chi connectivity index (χ3v) is 2.73. The summed E-state index contributed by atoms with van der Waals surface area (Å²) in [5.74, 6) is 0.0575. The summed E-state index contributed by atoms with van der Waals surface area (Å²) in [6, 6.07) is -0.441. The van der Waals surface area contributed by atoms with Gasteiger partial charge in [-0.3, -0.25) is 4.79 Å². The van der Waals surface area contributed by atoms with Crippen molar-refractivity contribution in [2.24, 2.45) is 5.73 Å². The highest BCUT2D eigenvalue weighted by molar-refractivity contribution is 5.85. The SMILES string of the molecule is Cl.N[C@@H](Cc1cnc[nH]1)C(=O)N1CCCC1. The Hall–Kier alpha value is -1.07. The Balaban J connectivity index is 0.00000128. The van der Waals surface area contributed by atoms with Crippen LogP contribution in [0.1, 0.15) is 18.5 Å². The van der Waals surface area contributed by atoms with E-state index in [0.29, 0.717) is 6.42 Å². The number of nitrogens with zero attached hydrogens (tertiary/aromatic N) is 2. The van der Waals surface area contributed by atoms with Crippen LogP contribution in [-0.4, -0.2) is 39.9 Å². The molecule has 0 saturated carbocycles. The van der Waals surface area contributed by atoms with Crippen LogP contribution in [0.4, 0.5) is 0 Å². The summed E-state index contributed by atoms with van der Waals surface area (Å²) in [4.78, 5) is 20.5. The first kappa shape index (κ1) is 13.0. The van der Waals surface area contributed by atoms with E-state index >= 15 is 0 Å². The minimum Gasteiger partial charge on any atom is -0.348 e. The van der Waals surface area contributed by atoms with Crippen molar-refractivity contribution in [1.82, 2.24) is 14.9 Å². The average Bonchev–Trinajstić information content (AvgIpc) is 2.88. The Kier molecular flexibility index (Phi) is 4.76. The number of amides is 1. The first-order chi connectivity index (χ1) is 7.27. The third kappa shape index (κ3) is 2.96. The van der Waals surface area contributed by atoms with E-state index in [4.69, 9.17) is 5.73 Å². The van der Waals surface area contributed by atoms with Crippen molar-refractivity contribution in [3.8, 4) is 0 Å². The van der Waals surface area contributed by atoms with E-state index in [1.54, 1.807) is 12.5 Å². The number of nitrogens with one attached hydrogen (secondary N) is 1. The molecule has 1 aliphatic rings. The van der Waals surface area contributed by atoms with E-state index in [1.165, 1.54) is 0 Å². The lowest BCUT2D eigenvalue weighted by molar-refractivity contribution is -0.131. The molecule has 5 nitrogen and oxygen atoms in total. The Morgan fingerprint density at radius 3 is 2.81 bits per heavy atom. The number of hydrogen-bond donors (Lipinski definition) is 2. The number of nitrogens with two attached hydrogens (primary N) is 1. The second-order valence-corrected chi connectivity index (χ2v) is 3.92. The highest BCUT2D eigenvalue weighted by Gasteiger charge is 2.23. The van der Waals surface area contributed by atoms with Crippen LogP contribution in [0, 0.1) is 0 Å². The highest BCUT2D eigenvalue weighted by atomic mass is 35.5. The molecule has 90 valence electrons. The van der Waals surface area contributed by atoms with Crippen molar-refractivity contribution in [1.29, 1.82) is 0 Å². The van der Waals surface area contributed by atoms with Gasteiger partial charge in [-0.1, -0.05) is 0 Å². The fraction of sp³-hybridized carbons (Fsp3) is 0.600. The van der Waals surface area contributed by atoms with E-state index in [-0.39, 0.29) is 18.3 Å². The normalized spacial score (nSPS) is 16.9. The zero-order valence-electron chi connectivity index (χ0n) is 9.06. The molecule has 16 heavy (non-hydrogen) atoms. The second-order valence-electron chi connectivity index (χ2n) is 3.92. The number of aromatic amines is 1. The van der Waals surface area contributed by atoms with Crippen LogP contribution in [0.15, 0.2) is 12.5 Å². The van der Waals surface area contributed by atoms with Crippen LogP contribution in [-0.2, 0) is 11.2 Å². The van der Waals surface area contributed by atoms with Crippen LogP contribution in [0.3, 0.4) is 0 Å². The maximum Gasteiger partial charge on any atom is 0.239 e. The molecule has 0 bridgehead atoms. The molecule has 0 spiro atoms. The molecule has 1 atom stereocenters. The molecule has 0 aliphatic carbocycles. The van der Waals surface area contributed by atoms with Gasteiger partial charge in [-0.25, -0.2) is 4.98 Å². The first-order valence-electron chi connectivity index (χ1n) is 5.29. The number of imidazole rings is 1. The van der Waals surface area contributed by atoms with Crippen molar-refractivity contribution in [2.45, 2.75) is 25.3 Å². The summed E-state index contributed by atoms with van der Waals surface area (Å²) in [5.41, 5.74) is 6.76. The van der Waals surface area contributed by atoms with Gasteiger partial charge in [-0.15, -0.1) is 12.4 Å². The number of aromatic nitrogens is 2. The van der Waals surface area contributed by atoms with Gasteiger partial charge in [0.15, 0.2) is 0 Å². The van der Waals surface area contributed by atoms with Crippen LogP contribution >= 0.6 is 12.4 Å². The van der Waals surface area contributed by atoms with E-state index in [0.717, 1.165) is 31.6 Å². The maximum atomic E-state index is 11.8. The molecule has 2 heterocycles. The molecule has 1 fully saturated rings. The van der Waals surface area contributed by atoms with Crippen LogP contribution in [0.5, 0.6) is 0 Å². The van der Waals surface area contributed by atoms with Gasteiger partial charge in [0, 0.05) is 31.4 Å². The van der Waals surface area contributed by atoms with Gasteiger partial charge in [0.05, 0.1) is 12.4 Å². The number of halogens is 1. The molecule has 0 aromatic carbocycles. The summed E-state index contributed by atoms with van der Waals surface area (Å²) in [7, 11) is 0. The van der Waals surface area contributed by atoms with Gasteiger partial charge in [0.1, 0.15) is 0 Å². The van der Waals surface area contributed by atoms with E-state index in [2.05, 4.69) is 9.97 Å². The van der Waals surface area contributed by atoms with Crippen LogP contribution in [0.25, 0.3) is 0 Å². The topological polar surface area (TPSA) is 75.0 Å². The van der Waals surface area contributed by atoms with Gasteiger partial charge >= 0.3 is 0 Å². The lowest BCUT2D eigenvalue weighted by Gasteiger charge is -2.19. The summed E-state index contributed by atoms with van der Waals surface area (Å²) in [6.45, 7) is 1.71. The quantitative estimate of drug-likeness (QED) is 0.804. The Bertz CT molecular complexity index is 322. The van der Waals surface area contributed by atoms with Crippen LogP contribution < -0.4 is 5.73 Å². The molecule has 1 amide bonds. The predicted molar refractivity (Wildman–Crippen MR) is 63.3 cm³/mol. The van der Waals surface area contributed by atoms with Crippen molar-refractivity contribution in [3.05, 3.63) is 18.2 Å². The lowest BCUT2D eigenvalue weighted by Crippen LogP contribution is -2.43. The van der Waals surface area contributed by atoms with Gasteiger partial charge in [0.25, 0.3) is 0 Å². The largest absolute Gasteiger partial charge is 0.348 e. The third-order valence-electron chi connectivity index (χ3n) is 2.73. The number of carbonyl (C=O) groups excluding carboxylic acids is 1. The summed E-state index contributed by atoms with van der Waals surface area (Å²) in [6.07, 6.45) is 6.04. The Morgan fingerprint density at radius 1 is 1.56 bits per heavy atom. The molecule has 6 heteroatoms. The van der Waals surface area contributed by atoms with Crippen molar-refractivity contribution >= 4 is 18.3 Å². The number of carbonyl (C=O) groups is 1. The molecule has 1 aliphatic heterocycles. The lowest BCUT2D eigenvalue weighted by atomic mass is 10.1. The van der Waals surface area contributed by atoms with Crippen molar-refractivity contribution in [2.75, 3.05) is 13.1 Å². The average molecular weight is 245 g/mol. The van der Waals surface area contributed by atoms with Gasteiger partial charge in [0.2, 0.25) is 5.91 Å². The molecule has 0 radical (unpaired) electrons. The zero-order chi connectivity index (χ0) is 10.7. The van der Waals surface area contributed by atoms with Gasteiger partial charge in [-0.2, -0.15) is 0 Å². The summed E-state index contributed by atoms with van der Waals surface area (Å²) in [5, 5.41) is 0. The summed E-state index contributed by atoms with van der Waals surface area (Å²) < 4.78 is 0. The van der Waals surface area contributed by atoms with Gasteiger partial charge < -0.3 is 15.6 Å². The highest BCUT2D eigenvalue weighted by Crippen LogP contribution is 2.09. The predicted octanol–water partition coefficient (Wildman–Crippen LogP) is 0.324. The molecule has 1 saturated heterocycles. The molecule has 2 rings (SSSR count). The monoisotopic (exact) mass is 244 g/mol. The minimum absolute atomic E-state index is 0. The molecule has 1 aromatic heterocycles. The van der Waals surface area contributed by atoms with Crippen LogP contribution in [0.2, 0.25) is 0 Å². The smallest absolute Gasteiger partial charge is 0.239 e. The van der Waals surface area contributed by atoms with E-state index in [9.17, 15) is 4.79 Å². The molecular formula is C10H17ClN4O. The standard InChI is InChI=1S/C10H16N4O.ClH/c11-9(5-8-6-12-7-13-8)10(15)14-3-1-2-4-14;/h6-7,9H,1-5,11H2,(H,12,13);1H/t9-;/m0./s1. The zero-order valence-corrected chi connectivity index (χ0v) is 9.87. The van der Waals surface area contributed by atoms with E-state index < -0.39 is 6.04 Å². The molecular weight excluding hydrogens is 228 g/mol. The van der Waals surface area contributed by atoms with Crippen molar-refractivity contribution in [3.63, 3.8) is 0 Å². The molecule has 0 unspecified atom stereocenters. The van der Waals surface area contributed by atoms with Crippen molar-refractivity contribution < 1.29 is 4.79 Å². The Labute approximate surface area is 101 Å². The minimum atomic E-state index is -0.441. The fourth-order valence-electron chi connectivity index (χ4n) is 1.89. The number of likely N-dealkylation sites (tertiary alicyclic amines) is 1. The molecule has 1 aromatic rings. The van der Waals surface area contributed by atoms with Gasteiger partial charge in [-0.05, 0) is 12.8 Å². The number of hydrogen-bond acceptors (Lipinski definition) is 3. The second kappa shape index (κ2) is 5.86.